The third-order valence-corrected chi connectivity index (χ3v) is 8.11. The number of carbonyl (C=O) groups excluding carboxylic acids is 1. The first-order valence-electron chi connectivity index (χ1n) is 13.7. The van der Waals surface area contributed by atoms with Gasteiger partial charge in [-0.2, -0.15) is 0 Å². The van der Waals surface area contributed by atoms with Gasteiger partial charge in [-0.15, -0.1) is 0 Å². The average Bonchev–Trinajstić information content (AvgIpc) is 3.47. The molecule has 1 amide bonds. The van der Waals surface area contributed by atoms with Crippen LogP contribution in [0.15, 0.2) is 97.2 Å². The predicted octanol–water partition coefficient (Wildman–Crippen LogP) is 6.35. The van der Waals surface area contributed by atoms with Gasteiger partial charge >= 0.3 is 0 Å². The number of anilines is 1. The number of hydrogen-bond acceptors (Lipinski definition) is 4. The zero-order valence-corrected chi connectivity index (χ0v) is 23.7. The highest BCUT2D eigenvalue weighted by Gasteiger charge is 2.41. The van der Waals surface area contributed by atoms with Crippen molar-refractivity contribution in [3.8, 4) is 11.4 Å². The summed E-state index contributed by atoms with van der Waals surface area (Å²) in [5, 5.41) is 19.9. The quantitative estimate of drug-likeness (QED) is 0.201. The summed E-state index contributed by atoms with van der Waals surface area (Å²) in [6, 6.07) is 28.8. The SMILES string of the molecule is Cc1cc([C@H]2[C@@H](c3ccccn3)NC(=S)N2CCC(=O)Nc2cccc3ccccc23)c(C)n1-c1ccccc1O. The summed E-state index contributed by atoms with van der Waals surface area (Å²) >= 11 is 5.85. The van der Waals surface area contributed by atoms with Gasteiger partial charge in [0.2, 0.25) is 5.91 Å². The summed E-state index contributed by atoms with van der Waals surface area (Å²) in [7, 11) is 0. The molecule has 0 unspecified atom stereocenters. The van der Waals surface area contributed by atoms with Crippen molar-refractivity contribution >= 4 is 39.7 Å². The molecule has 5 aromatic rings. The number of nitrogens with zero attached hydrogens (tertiary/aromatic N) is 3. The molecule has 3 aromatic carbocycles. The van der Waals surface area contributed by atoms with Gasteiger partial charge in [0.1, 0.15) is 5.75 Å². The van der Waals surface area contributed by atoms with Crippen molar-refractivity contribution in [3.63, 3.8) is 0 Å². The number of hydrogen-bond donors (Lipinski definition) is 3. The number of benzene rings is 3. The Kier molecular flexibility index (Phi) is 7.15. The van der Waals surface area contributed by atoms with E-state index in [2.05, 4.69) is 38.1 Å². The van der Waals surface area contributed by atoms with Crippen LogP contribution in [0.4, 0.5) is 5.69 Å². The molecule has 1 aliphatic heterocycles. The van der Waals surface area contributed by atoms with Crippen LogP contribution in [0.2, 0.25) is 0 Å². The van der Waals surface area contributed by atoms with Crippen molar-refractivity contribution in [1.82, 2.24) is 19.8 Å². The van der Waals surface area contributed by atoms with E-state index >= 15 is 0 Å². The van der Waals surface area contributed by atoms with E-state index in [0.717, 1.165) is 44.8 Å². The second kappa shape index (κ2) is 11.1. The van der Waals surface area contributed by atoms with Gasteiger partial charge in [0, 0.05) is 41.6 Å². The van der Waals surface area contributed by atoms with Gasteiger partial charge in [-0.3, -0.25) is 9.78 Å². The minimum Gasteiger partial charge on any atom is -0.506 e. The number of aromatic nitrogens is 2. The molecule has 1 aliphatic rings. The summed E-state index contributed by atoms with van der Waals surface area (Å²) in [6.07, 6.45) is 2.04. The molecule has 3 heterocycles. The van der Waals surface area contributed by atoms with E-state index in [9.17, 15) is 9.90 Å². The third-order valence-electron chi connectivity index (χ3n) is 7.75. The maximum Gasteiger partial charge on any atom is 0.226 e. The Morgan fingerprint density at radius 2 is 1.76 bits per heavy atom. The van der Waals surface area contributed by atoms with Gasteiger partial charge in [-0.1, -0.05) is 54.6 Å². The summed E-state index contributed by atoms with van der Waals surface area (Å²) in [5.41, 5.74) is 5.43. The number of aryl methyl sites for hydroxylation is 1. The third kappa shape index (κ3) is 5.02. The van der Waals surface area contributed by atoms with Crippen LogP contribution in [0.25, 0.3) is 16.5 Å². The first kappa shape index (κ1) is 26.5. The number of fused-ring (bicyclic) bond motifs is 1. The molecule has 0 saturated carbocycles. The first-order chi connectivity index (χ1) is 19.9. The van der Waals surface area contributed by atoms with E-state index in [1.54, 1.807) is 12.3 Å². The molecule has 3 N–H and O–H groups in total. The van der Waals surface area contributed by atoms with Crippen molar-refractivity contribution in [2.45, 2.75) is 32.4 Å². The highest BCUT2D eigenvalue weighted by Crippen LogP contribution is 2.42. The topological polar surface area (TPSA) is 82.4 Å². The molecule has 8 heteroatoms. The number of para-hydroxylation sites is 2. The van der Waals surface area contributed by atoms with Crippen molar-refractivity contribution in [2.24, 2.45) is 0 Å². The number of phenols is 1. The van der Waals surface area contributed by atoms with Crippen LogP contribution in [0.5, 0.6) is 5.75 Å². The molecule has 2 aromatic heterocycles. The fourth-order valence-corrected chi connectivity index (χ4v) is 6.20. The molecule has 0 bridgehead atoms. The van der Waals surface area contributed by atoms with Crippen LogP contribution in [0.1, 0.15) is 41.1 Å². The van der Waals surface area contributed by atoms with E-state index in [1.165, 1.54) is 0 Å². The number of nitrogens with one attached hydrogen (secondary N) is 2. The van der Waals surface area contributed by atoms with Crippen LogP contribution in [0, 0.1) is 13.8 Å². The molecular formula is C33H31N5O2S. The van der Waals surface area contributed by atoms with Crippen LogP contribution < -0.4 is 10.6 Å². The standard InChI is InChI=1S/C33H31N5O2S/c1-21-20-25(22(2)38(21)28-15-5-6-16-29(28)39)32-31(27-13-7-8-18-34-27)36-33(41)37(32)19-17-30(40)35-26-14-9-11-23-10-3-4-12-24(23)26/h3-16,18,20,31-32,39H,17,19H2,1-2H3,(H,35,40)(H,36,41)/t31-,32+/m1/s1. The highest BCUT2D eigenvalue weighted by atomic mass is 32.1. The number of aromatic hydroxyl groups is 1. The van der Waals surface area contributed by atoms with Crippen molar-refractivity contribution in [1.29, 1.82) is 0 Å². The van der Waals surface area contributed by atoms with Crippen LogP contribution in [-0.4, -0.2) is 37.1 Å². The smallest absolute Gasteiger partial charge is 0.226 e. The monoisotopic (exact) mass is 561 g/mol. The lowest BCUT2D eigenvalue weighted by atomic mass is 9.96. The molecule has 6 rings (SSSR count). The van der Waals surface area contributed by atoms with E-state index in [1.807, 2.05) is 85.8 Å². The normalized spacial score (nSPS) is 16.6. The van der Waals surface area contributed by atoms with Crippen LogP contribution >= 0.6 is 12.2 Å². The summed E-state index contributed by atoms with van der Waals surface area (Å²) in [6.45, 7) is 4.51. The minimum atomic E-state index is -0.205. The molecule has 7 nitrogen and oxygen atoms in total. The maximum atomic E-state index is 13.2. The predicted molar refractivity (Wildman–Crippen MR) is 166 cm³/mol. The average molecular weight is 562 g/mol. The maximum absolute atomic E-state index is 13.2. The molecule has 0 aliphatic carbocycles. The molecule has 1 saturated heterocycles. The zero-order valence-electron chi connectivity index (χ0n) is 22.9. The number of pyridine rings is 1. The lowest BCUT2D eigenvalue weighted by Crippen LogP contribution is -2.33. The molecule has 2 atom stereocenters. The lowest BCUT2D eigenvalue weighted by Gasteiger charge is -2.28. The minimum absolute atomic E-state index is 0.0798. The van der Waals surface area contributed by atoms with Gasteiger partial charge in [0.05, 0.1) is 23.5 Å². The van der Waals surface area contributed by atoms with Gasteiger partial charge in [-0.05, 0) is 73.4 Å². The molecule has 1 fully saturated rings. The van der Waals surface area contributed by atoms with E-state index in [-0.39, 0.29) is 30.2 Å². The second-order valence-corrected chi connectivity index (χ2v) is 10.7. The van der Waals surface area contributed by atoms with E-state index in [4.69, 9.17) is 12.2 Å². The number of carbonyl (C=O) groups is 1. The fourth-order valence-electron chi connectivity index (χ4n) is 5.86. The Morgan fingerprint density at radius 1 is 1.00 bits per heavy atom. The lowest BCUT2D eigenvalue weighted by molar-refractivity contribution is -0.116. The van der Waals surface area contributed by atoms with Crippen LogP contribution in [0.3, 0.4) is 0 Å². The summed E-state index contributed by atoms with van der Waals surface area (Å²) in [5.74, 6) is 0.132. The number of amides is 1. The molecule has 41 heavy (non-hydrogen) atoms. The Labute approximate surface area is 244 Å². The number of phenolic OH excluding ortho intramolecular Hbond substituents is 1. The fraction of sp³-hybridized carbons (Fsp3) is 0.182. The van der Waals surface area contributed by atoms with E-state index in [0.29, 0.717) is 11.7 Å². The van der Waals surface area contributed by atoms with Gasteiger partial charge in [-0.25, -0.2) is 0 Å². The van der Waals surface area contributed by atoms with Gasteiger partial charge < -0.3 is 25.2 Å². The van der Waals surface area contributed by atoms with Crippen molar-refractivity contribution < 1.29 is 9.90 Å². The molecule has 206 valence electrons. The second-order valence-electron chi connectivity index (χ2n) is 10.3. The molecule has 0 radical (unpaired) electrons. The van der Waals surface area contributed by atoms with Crippen molar-refractivity contribution in [2.75, 3.05) is 11.9 Å². The summed E-state index contributed by atoms with van der Waals surface area (Å²) < 4.78 is 2.06. The Balaban J connectivity index is 1.32. The van der Waals surface area contributed by atoms with Crippen LogP contribution in [-0.2, 0) is 4.79 Å². The Bertz CT molecular complexity index is 1740. The number of rotatable bonds is 7. The Morgan fingerprint density at radius 3 is 2.56 bits per heavy atom. The van der Waals surface area contributed by atoms with Gasteiger partial charge in [0.15, 0.2) is 5.11 Å². The zero-order chi connectivity index (χ0) is 28.5. The van der Waals surface area contributed by atoms with Crippen molar-refractivity contribution in [3.05, 3.63) is 120 Å². The largest absolute Gasteiger partial charge is 0.506 e. The Hall–Kier alpha value is -4.69. The first-order valence-corrected chi connectivity index (χ1v) is 14.1. The summed E-state index contributed by atoms with van der Waals surface area (Å²) in [4.78, 5) is 19.9. The van der Waals surface area contributed by atoms with Gasteiger partial charge in [0.25, 0.3) is 0 Å². The molecular weight excluding hydrogens is 530 g/mol. The highest BCUT2D eigenvalue weighted by molar-refractivity contribution is 7.80. The number of thiocarbonyl (C=S) groups is 1. The molecule has 0 spiro atoms. The van der Waals surface area contributed by atoms with E-state index < -0.39 is 0 Å².